The van der Waals surface area contributed by atoms with Gasteiger partial charge in [-0.1, -0.05) is 30.9 Å². The molecule has 0 radical (unpaired) electrons. The Kier molecular flexibility index (Phi) is 7.19. The van der Waals surface area contributed by atoms with E-state index in [9.17, 15) is 14.7 Å². The normalized spacial score (nSPS) is 12.1. The first-order valence-electron chi connectivity index (χ1n) is 6.92. The quantitative estimate of drug-likeness (QED) is 0.480. The second-order valence-electron chi connectivity index (χ2n) is 4.98. The van der Waals surface area contributed by atoms with Gasteiger partial charge in [-0.2, -0.15) is 0 Å². The number of hydrogen-bond donors (Lipinski definition) is 3. The average molecular weight is 314 g/mol. The fourth-order valence-electron chi connectivity index (χ4n) is 1.99. The molecule has 6 heteroatoms. The Morgan fingerprint density at radius 1 is 1.19 bits per heavy atom. The summed E-state index contributed by atoms with van der Waals surface area (Å²) >= 11 is 5.80. The van der Waals surface area contributed by atoms with Crippen molar-refractivity contribution in [3.8, 4) is 5.75 Å². The number of carboxylic acids is 1. The number of carbonyl (C=O) groups excluding carboxylic acids is 1. The summed E-state index contributed by atoms with van der Waals surface area (Å²) in [5, 5.41) is 18.7. The summed E-state index contributed by atoms with van der Waals surface area (Å²) in [6, 6.07) is 3.59. The van der Waals surface area contributed by atoms with Crippen LogP contribution >= 0.6 is 11.6 Å². The molecule has 1 aromatic rings. The molecular formula is C15H20ClNO4. The van der Waals surface area contributed by atoms with Gasteiger partial charge in [-0.25, -0.2) is 0 Å². The van der Waals surface area contributed by atoms with E-state index in [1.54, 1.807) is 0 Å². The zero-order valence-corrected chi connectivity index (χ0v) is 12.5. The van der Waals surface area contributed by atoms with E-state index in [0.717, 1.165) is 19.3 Å². The first-order valence-corrected chi connectivity index (χ1v) is 7.29. The molecule has 0 heterocycles. The van der Waals surface area contributed by atoms with Crippen LogP contribution in [0.1, 0.15) is 48.9 Å². The van der Waals surface area contributed by atoms with Crippen LogP contribution in [-0.2, 0) is 4.79 Å². The third kappa shape index (κ3) is 6.14. The van der Waals surface area contributed by atoms with Gasteiger partial charge in [0.2, 0.25) is 0 Å². The summed E-state index contributed by atoms with van der Waals surface area (Å²) in [4.78, 5) is 22.5. The molecule has 1 atom stereocenters. The van der Waals surface area contributed by atoms with Gasteiger partial charge >= 0.3 is 5.97 Å². The monoisotopic (exact) mass is 313 g/mol. The number of ketones is 1. The van der Waals surface area contributed by atoms with Crippen molar-refractivity contribution in [3.05, 3.63) is 28.8 Å². The third-order valence-electron chi connectivity index (χ3n) is 3.25. The first kappa shape index (κ1) is 17.5. The topological polar surface area (TPSA) is 101 Å². The molecule has 1 aromatic carbocycles. The van der Waals surface area contributed by atoms with Crippen molar-refractivity contribution in [1.29, 1.82) is 0 Å². The lowest BCUT2D eigenvalue weighted by molar-refractivity contribution is -0.138. The molecule has 0 aliphatic rings. The SMILES string of the molecule is NC(CCCCCCC(=O)c1cc(Cl)ccc1O)C(=O)O. The Morgan fingerprint density at radius 2 is 1.86 bits per heavy atom. The van der Waals surface area contributed by atoms with Crippen molar-refractivity contribution in [2.24, 2.45) is 5.73 Å². The summed E-state index contributed by atoms with van der Waals surface area (Å²) in [7, 11) is 0. The van der Waals surface area contributed by atoms with Crippen LogP contribution in [0, 0.1) is 0 Å². The summed E-state index contributed by atoms with van der Waals surface area (Å²) in [5.41, 5.74) is 5.64. The number of benzene rings is 1. The largest absolute Gasteiger partial charge is 0.507 e. The Balaban J connectivity index is 2.25. The van der Waals surface area contributed by atoms with Crippen molar-refractivity contribution < 1.29 is 19.8 Å². The second kappa shape index (κ2) is 8.64. The highest BCUT2D eigenvalue weighted by Crippen LogP contribution is 2.23. The van der Waals surface area contributed by atoms with Crippen LogP contribution in [0.3, 0.4) is 0 Å². The van der Waals surface area contributed by atoms with Gasteiger partial charge < -0.3 is 15.9 Å². The highest BCUT2D eigenvalue weighted by molar-refractivity contribution is 6.31. The predicted molar refractivity (Wildman–Crippen MR) is 80.8 cm³/mol. The number of phenols is 1. The first-order chi connectivity index (χ1) is 9.91. The lowest BCUT2D eigenvalue weighted by Gasteiger charge is -2.06. The van der Waals surface area contributed by atoms with Gasteiger partial charge in [0, 0.05) is 11.4 Å². The summed E-state index contributed by atoms with van der Waals surface area (Å²) in [6.07, 6.45) is 3.84. The fraction of sp³-hybridized carbons (Fsp3) is 0.467. The smallest absolute Gasteiger partial charge is 0.320 e. The Labute approximate surface area is 128 Å². The zero-order chi connectivity index (χ0) is 15.8. The molecule has 0 aliphatic carbocycles. The molecule has 0 saturated carbocycles. The molecule has 21 heavy (non-hydrogen) atoms. The van der Waals surface area contributed by atoms with Gasteiger partial charge in [0.1, 0.15) is 11.8 Å². The maximum Gasteiger partial charge on any atom is 0.320 e. The third-order valence-corrected chi connectivity index (χ3v) is 3.48. The van der Waals surface area contributed by atoms with E-state index in [0.29, 0.717) is 24.3 Å². The lowest BCUT2D eigenvalue weighted by Crippen LogP contribution is -2.29. The maximum absolute atomic E-state index is 11.9. The number of aliphatic carboxylic acids is 1. The fourth-order valence-corrected chi connectivity index (χ4v) is 2.17. The lowest BCUT2D eigenvalue weighted by atomic mass is 10.0. The van der Waals surface area contributed by atoms with Crippen LogP contribution in [0.4, 0.5) is 0 Å². The minimum atomic E-state index is -0.985. The molecule has 5 nitrogen and oxygen atoms in total. The highest BCUT2D eigenvalue weighted by Gasteiger charge is 2.12. The number of carboxylic acid groups (broad SMARTS) is 1. The van der Waals surface area contributed by atoms with Gasteiger partial charge in [0.05, 0.1) is 5.56 Å². The van der Waals surface area contributed by atoms with Crippen LogP contribution in [0.2, 0.25) is 5.02 Å². The van der Waals surface area contributed by atoms with Crippen LogP contribution in [-0.4, -0.2) is 28.0 Å². The molecule has 1 unspecified atom stereocenters. The number of nitrogens with two attached hydrogens (primary N) is 1. The number of rotatable bonds is 9. The van der Waals surface area contributed by atoms with E-state index in [1.807, 2.05) is 0 Å². The number of carbonyl (C=O) groups is 2. The molecule has 0 spiro atoms. The van der Waals surface area contributed by atoms with Crippen molar-refractivity contribution in [3.63, 3.8) is 0 Å². The average Bonchev–Trinajstić information content (AvgIpc) is 2.44. The number of aromatic hydroxyl groups is 1. The van der Waals surface area contributed by atoms with Gasteiger partial charge in [-0.3, -0.25) is 9.59 Å². The summed E-state index contributed by atoms with van der Waals surface area (Å²) in [6.45, 7) is 0. The Morgan fingerprint density at radius 3 is 2.52 bits per heavy atom. The van der Waals surface area contributed by atoms with Crippen LogP contribution in [0.5, 0.6) is 5.75 Å². The van der Waals surface area contributed by atoms with Crippen LogP contribution in [0.15, 0.2) is 18.2 Å². The highest BCUT2D eigenvalue weighted by atomic mass is 35.5. The van der Waals surface area contributed by atoms with Crippen molar-refractivity contribution >= 4 is 23.4 Å². The molecule has 116 valence electrons. The molecule has 4 N–H and O–H groups in total. The number of hydrogen-bond acceptors (Lipinski definition) is 4. The molecule has 0 amide bonds. The van der Waals surface area contributed by atoms with Gasteiger partial charge in [-0.15, -0.1) is 0 Å². The van der Waals surface area contributed by atoms with E-state index >= 15 is 0 Å². The summed E-state index contributed by atoms with van der Waals surface area (Å²) < 4.78 is 0. The molecule has 0 bridgehead atoms. The standard InChI is InChI=1S/C15H20ClNO4/c16-10-7-8-14(19)11(9-10)13(18)6-4-2-1-3-5-12(17)15(20)21/h7-9,12,19H,1-6,17H2,(H,20,21). The van der Waals surface area contributed by atoms with Gasteiger partial charge in [0.25, 0.3) is 0 Å². The maximum atomic E-state index is 11.9. The van der Waals surface area contributed by atoms with Crippen LogP contribution < -0.4 is 5.73 Å². The summed E-state index contributed by atoms with van der Waals surface area (Å²) in [5.74, 6) is -1.18. The molecule has 0 fully saturated rings. The number of phenolic OH excluding ortho intramolecular Hbond substituents is 1. The van der Waals surface area contributed by atoms with Crippen molar-refractivity contribution in [1.82, 2.24) is 0 Å². The van der Waals surface area contributed by atoms with E-state index in [4.69, 9.17) is 22.4 Å². The minimum absolute atomic E-state index is 0.0585. The minimum Gasteiger partial charge on any atom is -0.507 e. The molecule has 0 aliphatic heterocycles. The molecule has 0 aromatic heterocycles. The van der Waals surface area contributed by atoms with Crippen molar-refractivity contribution in [2.75, 3.05) is 0 Å². The second-order valence-corrected chi connectivity index (χ2v) is 5.42. The van der Waals surface area contributed by atoms with Gasteiger partial charge in [-0.05, 0) is 31.0 Å². The number of halogens is 1. The van der Waals surface area contributed by atoms with E-state index in [2.05, 4.69) is 0 Å². The molecule has 0 saturated heterocycles. The van der Waals surface area contributed by atoms with Crippen LogP contribution in [0.25, 0.3) is 0 Å². The van der Waals surface area contributed by atoms with E-state index in [1.165, 1.54) is 18.2 Å². The Hall–Kier alpha value is -1.59. The van der Waals surface area contributed by atoms with Gasteiger partial charge in [0.15, 0.2) is 5.78 Å². The molecular weight excluding hydrogens is 294 g/mol. The van der Waals surface area contributed by atoms with E-state index < -0.39 is 12.0 Å². The predicted octanol–water partition coefficient (Wildman–Crippen LogP) is 2.98. The number of unbranched alkanes of at least 4 members (excludes halogenated alkanes) is 3. The van der Waals surface area contributed by atoms with Crippen molar-refractivity contribution in [2.45, 2.75) is 44.6 Å². The molecule has 1 rings (SSSR count). The Bertz CT molecular complexity index is 504. The zero-order valence-electron chi connectivity index (χ0n) is 11.7. The van der Waals surface area contributed by atoms with E-state index in [-0.39, 0.29) is 17.1 Å². The number of Topliss-reactive ketones (excluding diaryl/α,β-unsaturated/α-hetero) is 1.